The van der Waals surface area contributed by atoms with E-state index < -0.39 is 4.92 Å². The van der Waals surface area contributed by atoms with Crippen LogP contribution in [0, 0.1) is 15.5 Å². The molecule has 8 heteroatoms. The lowest BCUT2D eigenvalue weighted by Gasteiger charge is -2.08. The molecule has 0 atom stereocenters. The largest absolute Gasteiger partial charge is 0.431 e. The van der Waals surface area contributed by atoms with Crippen LogP contribution in [0.2, 0.25) is 0 Å². The van der Waals surface area contributed by atoms with E-state index in [9.17, 15) is 10.1 Å². The maximum absolute atomic E-state index is 11.0. The molecule has 102 valence electrons. The van der Waals surface area contributed by atoms with E-state index in [1.54, 1.807) is 12.1 Å². The lowest BCUT2D eigenvalue weighted by Crippen LogP contribution is -2.11. The van der Waals surface area contributed by atoms with Crippen LogP contribution < -0.4 is 10.5 Å². The maximum atomic E-state index is 11.0. The van der Waals surface area contributed by atoms with Crippen LogP contribution in [0.15, 0.2) is 41.0 Å². The molecule has 0 saturated carbocycles. The van der Waals surface area contributed by atoms with Crippen molar-refractivity contribution in [3.8, 4) is 11.6 Å². The fourth-order valence-electron chi connectivity index (χ4n) is 1.48. The number of hydrogen-bond donors (Lipinski definition) is 2. The molecule has 2 aromatic rings. The molecule has 2 rings (SSSR count). The summed E-state index contributed by atoms with van der Waals surface area (Å²) in [6.45, 7) is 0. The van der Waals surface area contributed by atoms with Gasteiger partial charge in [0.15, 0.2) is 0 Å². The van der Waals surface area contributed by atoms with Gasteiger partial charge in [-0.25, -0.2) is 4.98 Å². The molecule has 1 aromatic heterocycles. The van der Waals surface area contributed by atoms with E-state index >= 15 is 0 Å². The van der Waals surface area contributed by atoms with E-state index in [2.05, 4.69) is 20.9 Å². The van der Waals surface area contributed by atoms with E-state index in [-0.39, 0.29) is 23.2 Å². The van der Waals surface area contributed by atoms with E-state index in [1.807, 2.05) is 0 Å². The molecular weight excluding hydrogens is 328 g/mol. The molecule has 0 aliphatic heterocycles. The molecule has 3 N–H and O–H groups in total. The smallest absolute Gasteiger partial charge is 0.312 e. The number of rotatable bonds is 4. The molecule has 0 aliphatic rings. The SMILES string of the molecule is N=C(N)c1ccnc(Oc2c(Br)cccc2[N+](=O)[O-])c1. The van der Waals surface area contributed by atoms with Crippen molar-refractivity contribution in [2.24, 2.45) is 5.73 Å². The summed E-state index contributed by atoms with van der Waals surface area (Å²) in [6, 6.07) is 7.47. The van der Waals surface area contributed by atoms with Gasteiger partial charge in [0.2, 0.25) is 11.6 Å². The number of halogens is 1. The molecule has 0 radical (unpaired) electrons. The normalized spacial score (nSPS) is 10.1. The Balaban J connectivity index is 2.42. The molecule has 20 heavy (non-hydrogen) atoms. The Morgan fingerprint density at radius 2 is 2.20 bits per heavy atom. The van der Waals surface area contributed by atoms with Gasteiger partial charge in [-0.1, -0.05) is 6.07 Å². The Hall–Kier alpha value is -2.48. The molecule has 1 aromatic carbocycles. The fraction of sp³-hybridized carbons (Fsp3) is 0. The van der Waals surface area contributed by atoms with Crippen molar-refractivity contribution in [3.63, 3.8) is 0 Å². The summed E-state index contributed by atoms with van der Waals surface area (Å²) < 4.78 is 5.87. The Bertz CT molecular complexity index is 690. The highest BCUT2D eigenvalue weighted by Crippen LogP contribution is 2.37. The topological polar surface area (TPSA) is 115 Å². The Morgan fingerprint density at radius 3 is 2.85 bits per heavy atom. The lowest BCUT2D eigenvalue weighted by atomic mass is 10.2. The van der Waals surface area contributed by atoms with Gasteiger partial charge in [-0.05, 0) is 28.1 Å². The minimum Gasteiger partial charge on any atom is -0.431 e. The second kappa shape index (κ2) is 5.66. The van der Waals surface area contributed by atoms with Crippen LogP contribution in [0.5, 0.6) is 11.6 Å². The molecule has 0 aliphatic carbocycles. The quantitative estimate of drug-likeness (QED) is 0.385. The average molecular weight is 337 g/mol. The summed E-state index contributed by atoms with van der Waals surface area (Å²) in [7, 11) is 0. The number of nitro benzene ring substituents is 1. The number of amidine groups is 1. The lowest BCUT2D eigenvalue weighted by molar-refractivity contribution is -0.385. The molecule has 0 amide bonds. The predicted octanol–water partition coefficient (Wildman–Crippen LogP) is 2.83. The van der Waals surface area contributed by atoms with Crippen LogP contribution in [0.3, 0.4) is 0 Å². The minimum atomic E-state index is -0.547. The van der Waals surface area contributed by atoms with Gasteiger partial charge < -0.3 is 10.5 Å². The Kier molecular flexibility index (Phi) is 3.94. The first-order valence-electron chi connectivity index (χ1n) is 5.40. The van der Waals surface area contributed by atoms with E-state index in [0.29, 0.717) is 10.0 Å². The van der Waals surface area contributed by atoms with Gasteiger partial charge in [-0.2, -0.15) is 0 Å². The van der Waals surface area contributed by atoms with E-state index in [1.165, 1.54) is 24.4 Å². The van der Waals surface area contributed by atoms with Crippen molar-refractivity contribution in [1.82, 2.24) is 4.98 Å². The van der Waals surface area contributed by atoms with Crippen molar-refractivity contribution in [3.05, 3.63) is 56.7 Å². The van der Waals surface area contributed by atoms with Gasteiger partial charge in [0.05, 0.1) is 9.40 Å². The zero-order valence-corrected chi connectivity index (χ0v) is 11.6. The standard InChI is InChI=1S/C12H9BrN4O3/c13-8-2-1-3-9(17(18)19)11(8)20-10-6-7(12(14)15)4-5-16-10/h1-6H,(H3,14,15). The number of pyridine rings is 1. The summed E-state index contributed by atoms with van der Waals surface area (Å²) in [6.07, 6.45) is 1.41. The van der Waals surface area contributed by atoms with Crippen molar-refractivity contribution >= 4 is 27.5 Å². The molecule has 0 unspecified atom stereocenters. The zero-order valence-electron chi connectivity index (χ0n) is 10.0. The van der Waals surface area contributed by atoms with Crippen LogP contribution in [-0.2, 0) is 0 Å². The van der Waals surface area contributed by atoms with Crippen LogP contribution in [-0.4, -0.2) is 15.7 Å². The second-order valence-electron chi connectivity index (χ2n) is 3.74. The average Bonchev–Trinajstić information content (AvgIpc) is 2.41. The van der Waals surface area contributed by atoms with Crippen LogP contribution >= 0.6 is 15.9 Å². The zero-order chi connectivity index (χ0) is 14.7. The van der Waals surface area contributed by atoms with Gasteiger partial charge in [0.25, 0.3) is 0 Å². The van der Waals surface area contributed by atoms with E-state index in [4.69, 9.17) is 15.9 Å². The first-order valence-corrected chi connectivity index (χ1v) is 6.19. The number of aromatic nitrogens is 1. The summed E-state index contributed by atoms with van der Waals surface area (Å²) in [5, 5.41) is 18.3. The highest BCUT2D eigenvalue weighted by molar-refractivity contribution is 9.10. The first-order chi connectivity index (χ1) is 9.49. The number of benzene rings is 1. The second-order valence-corrected chi connectivity index (χ2v) is 4.60. The highest BCUT2D eigenvalue weighted by Gasteiger charge is 2.19. The summed E-state index contributed by atoms with van der Waals surface area (Å²) in [4.78, 5) is 14.4. The predicted molar refractivity (Wildman–Crippen MR) is 76.1 cm³/mol. The number of para-hydroxylation sites is 1. The van der Waals surface area contributed by atoms with E-state index in [0.717, 1.165) is 0 Å². The van der Waals surface area contributed by atoms with Gasteiger partial charge in [0.1, 0.15) is 5.84 Å². The third-order valence-corrected chi connectivity index (χ3v) is 3.02. The molecular formula is C12H9BrN4O3. The summed E-state index contributed by atoms with van der Waals surface area (Å²) in [5.41, 5.74) is 5.60. The minimum absolute atomic E-state index is 0.0469. The van der Waals surface area contributed by atoms with Crippen molar-refractivity contribution in [1.29, 1.82) is 5.41 Å². The van der Waals surface area contributed by atoms with Crippen molar-refractivity contribution in [2.45, 2.75) is 0 Å². The van der Waals surface area contributed by atoms with Crippen LogP contribution in [0.25, 0.3) is 0 Å². The Morgan fingerprint density at radius 1 is 1.45 bits per heavy atom. The molecule has 0 spiro atoms. The van der Waals surface area contributed by atoms with Crippen molar-refractivity contribution < 1.29 is 9.66 Å². The number of hydrogen-bond acceptors (Lipinski definition) is 5. The first kappa shape index (κ1) is 13.9. The molecule has 0 fully saturated rings. The maximum Gasteiger partial charge on any atom is 0.312 e. The van der Waals surface area contributed by atoms with Gasteiger partial charge in [0, 0.05) is 23.9 Å². The molecule has 0 bridgehead atoms. The highest BCUT2D eigenvalue weighted by atomic mass is 79.9. The molecule has 0 saturated heterocycles. The third-order valence-electron chi connectivity index (χ3n) is 2.40. The van der Waals surface area contributed by atoms with Gasteiger partial charge in [-0.3, -0.25) is 15.5 Å². The monoisotopic (exact) mass is 336 g/mol. The number of nitrogen functional groups attached to an aromatic ring is 1. The van der Waals surface area contributed by atoms with Crippen molar-refractivity contribution in [2.75, 3.05) is 0 Å². The summed E-state index contributed by atoms with van der Waals surface area (Å²) in [5.74, 6) is 0.0253. The van der Waals surface area contributed by atoms with Crippen LogP contribution in [0.1, 0.15) is 5.56 Å². The number of nitro groups is 1. The number of nitrogens with two attached hydrogens (primary N) is 1. The van der Waals surface area contributed by atoms with Crippen LogP contribution in [0.4, 0.5) is 5.69 Å². The Labute approximate surface area is 122 Å². The molecule has 1 heterocycles. The summed E-state index contributed by atoms with van der Waals surface area (Å²) >= 11 is 3.20. The third kappa shape index (κ3) is 2.91. The van der Waals surface area contributed by atoms with Gasteiger partial charge in [-0.15, -0.1) is 0 Å². The number of nitrogens with one attached hydrogen (secondary N) is 1. The number of nitrogens with zero attached hydrogens (tertiary/aromatic N) is 2. The number of ether oxygens (including phenoxy) is 1. The molecule has 7 nitrogen and oxygen atoms in total. The van der Waals surface area contributed by atoms with Gasteiger partial charge >= 0.3 is 5.69 Å². The fourth-order valence-corrected chi connectivity index (χ4v) is 1.92.